The summed E-state index contributed by atoms with van der Waals surface area (Å²) in [4.78, 5) is 2.56. The van der Waals surface area contributed by atoms with Crippen LogP contribution in [0.5, 0.6) is 0 Å². The first kappa shape index (κ1) is 10.4. The van der Waals surface area contributed by atoms with Crippen molar-refractivity contribution >= 4 is 0 Å². The zero-order chi connectivity index (χ0) is 9.97. The van der Waals surface area contributed by atoms with Crippen molar-refractivity contribution in [3.05, 3.63) is 0 Å². The lowest BCUT2D eigenvalue weighted by Gasteiger charge is -2.33. The van der Waals surface area contributed by atoms with Crippen LogP contribution in [0.2, 0.25) is 0 Å². The Bertz CT molecular complexity index is 186. The Morgan fingerprint density at radius 2 is 2.29 bits per heavy atom. The second-order valence-corrected chi connectivity index (χ2v) is 4.73. The Morgan fingerprint density at radius 1 is 1.43 bits per heavy atom. The molecule has 0 saturated carbocycles. The van der Waals surface area contributed by atoms with Crippen molar-refractivity contribution in [2.75, 3.05) is 32.8 Å². The number of morpholine rings is 1. The summed E-state index contributed by atoms with van der Waals surface area (Å²) in [6.45, 7) is 10.1. The maximum Gasteiger partial charge on any atom is 0.0674 e. The number of ether oxygens (including phenoxy) is 1. The summed E-state index contributed by atoms with van der Waals surface area (Å²) < 4.78 is 5.54. The quantitative estimate of drug-likeness (QED) is 0.707. The van der Waals surface area contributed by atoms with E-state index >= 15 is 0 Å². The third kappa shape index (κ3) is 2.47. The SMILES string of the molecule is CC1CN(CC2CCNC2C)CCO1. The van der Waals surface area contributed by atoms with Gasteiger partial charge < -0.3 is 10.1 Å². The fourth-order valence-electron chi connectivity index (χ4n) is 2.55. The van der Waals surface area contributed by atoms with Crippen LogP contribution in [0, 0.1) is 5.92 Å². The minimum atomic E-state index is 0.424. The molecule has 0 aromatic carbocycles. The lowest BCUT2D eigenvalue weighted by molar-refractivity contribution is -0.0233. The number of hydrogen-bond donors (Lipinski definition) is 1. The van der Waals surface area contributed by atoms with Gasteiger partial charge in [-0.05, 0) is 32.7 Å². The minimum Gasteiger partial charge on any atom is -0.376 e. The summed E-state index contributed by atoms with van der Waals surface area (Å²) >= 11 is 0. The van der Waals surface area contributed by atoms with E-state index in [4.69, 9.17) is 4.74 Å². The van der Waals surface area contributed by atoms with Crippen LogP contribution < -0.4 is 5.32 Å². The third-order valence-electron chi connectivity index (χ3n) is 3.51. The van der Waals surface area contributed by atoms with E-state index in [0.717, 1.165) is 25.6 Å². The van der Waals surface area contributed by atoms with Gasteiger partial charge in [-0.3, -0.25) is 4.90 Å². The monoisotopic (exact) mass is 198 g/mol. The molecular weight excluding hydrogens is 176 g/mol. The van der Waals surface area contributed by atoms with Crippen molar-refractivity contribution in [2.45, 2.75) is 32.4 Å². The predicted molar refractivity (Wildman–Crippen MR) is 57.4 cm³/mol. The average molecular weight is 198 g/mol. The van der Waals surface area contributed by atoms with E-state index in [9.17, 15) is 0 Å². The Kier molecular flexibility index (Phi) is 3.42. The standard InChI is InChI=1S/C11H22N2O/c1-9-7-13(5-6-14-9)8-11-3-4-12-10(11)2/h9-12H,3-8H2,1-2H3. The molecule has 3 unspecified atom stereocenters. The van der Waals surface area contributed by atoms with Crippen molar-refractivity contribution < 1.29 is 4.74 Å². The summed E-state index contributed by atoms with van der Waals surface area (Å²) in [5, 5.41) is 3.51. The number of nitrogens with one attached hydrogen (secondary N) is 1. The molecule has 0 aromatic rings. The summed E-state index contributed by atoms with van der Waals surface area (Å²) in [6.07, 6.45) is 1.76. The first-order valence-electron chi connectivity index (χ1n) is 5.83. The molecule has 0 spiro atoms. The normalized spacial score (nSPS) is 40.3. The molecule has 2 aliphatic rings. The highest BCUT2D eigenvalue weighted by molar-refractivity contribution is 4.83. The van der Waals surface area contributed by atoms with Crippen LogP contribution in [0.25, 0.3) is 0 Å². The minimum absolute atomic E-state index is 0.424. The molecular formula is C11H22N2O. The zero-order valence-corrected chi connectivity index (χ0v) is 9.33. The van der Waals surface area contributed by atoms with Crippen LogP contribution in [-0.2, 0) is 4.74 Å². The molecule has 14 heavy (non-hydrogen) atoms. The number of nitrogens with zero attached hydrogens (tertiary/aromatic N) is 1. The van der Waals surface area contributed by atoms with Gasteiger partial charge in [0.2, 0.25) is 0 Å². The van der Waals surface area contributed by atoms with Gasteiger partial charge in [-0.25, -0.2) is 0 Å². The molecule has 0 bridgehead atoms. The molecule has 0 amide bonds. The highest BCUT2D eigenvalue weighted by Crippen LogP contribution is 2.17. The Balaban J connectivity index is 1.78. The largest absolute Gasteiger partial charge is 0.376 e. The predicted octanol–water partition coefficient (Wildman–Crippen LogP) is 0.705. The molecule has 3 heteroatoms. The van der Waals surface area contributed by atoms with Crippen LogP contribution in [0.15, 0.2) is 0 Å². The van der Waals surface area contributed by atoms with Crippen molar-refractivity contribution in [2.24, 2.45) is 5.92 Å². The summed E-state index contributed by atoms with van der Waals surface area (Å²) in [6, 6.07) is 0.702. The average Bonchev–Trinajstić information content (AvgIpc) is 2.52. The van der Waals surface area contributed by atoms with E-state index in [0.29, 0.717) is 12.1 Å². The van der Waals surface area contributed by atoms with Gasteiger partial charge in [0, 0.05) is 25.7 Å². The molecule has 2 aliphatic heterocycles. The molecule has 3 atom stereocenters. The summed E-state index contributed by atoms with van der Waals surface area (Å²) in [7, 11) is 0. The van der Waals surface area contributed by atoms with Crippen LogP contribution >= 0.6 is 0 Å². The zero-order valence-electron chi connectivity index (χ0n) is 9.33. The summed E-state index contributed by atoms with van der Waals surface area (Å²) in [5.74, 6) is 0.847. The van der Waals surface area contributed by atoms with Crippen molar-refractivity contribution in [3.63, 3.8) is 0 Å². The molecule has 0 radical (unpaired) electrons. The molecule has 2 fully saturated rings. The first-order valence-corrected chi connectivity index (χ1v) is 5.83. The van der Waals surface area contributed by atoms with Gasteiger partial charge in [-0.2, -0.15) is 0 Å². The van der Waals surface area contributed by atoms with Gasteiger partial charge in [-0.15, -0.1) is 0 Å². The Labute approximate surface area is 86.8 Å². The van der Waals surface area contributed by atoms with Crippen LogP contribution in [0.4, 0.5) is 0 Å². The molecule has 2 heterocycles. The number of hydrogen-bond acceptors (Lipinski definition) is 3. The van der Waals surface area contributed by atoms with Gasteiger partial charge >= 0.3 is 0 Å². The van der Waals surface area contributed by atoms with E-state index < -0.39 is 0 Å². The van der Waals surface area contributed by atoms with Gasteiger partial charge in [0.15, 0.2) is 0 Å². The van der Waals surface area contributed by atoms with Gasteiger partial charge in [-0.1, -0.05) is 0 Å². The van der Waals surface area contributed by atoms with Gasteiger partial charge in [0.1, 0.15) is 0 Å². The molecule has 0 aliphatic carbocycles. The highest BCUT2D eigenvalue weighted by Gasteiger charge is 2.26. The van der Waals surface area contributed by atoms with Crippen molar-refractivity contribution in [1.29, 1.82) is 0 Å². The van der Waals surface area contributed by atoms with Crippen molar-refractivity contribution in [3.8, 4) is 0 Å². The fraction of sp³-hybridized carbons (Fsp3) is 1.00. The van der Waals surface area contributed by atoms with E-state index in [1.54, 1.807) is 0 Å². The van der Waals surface area contributed by atoms with Crippen LogP contribution in [0.3, 0.4) is 0 Å². The molecule has 2 saturated heterocycles. The maximum atomic E-state index is 5.54. The van der Waals surface area contributed by atoms with Gasteiger partial charge in [0.25, 0.3) is 0 Å². The van der Waals surface area contributed by atoms with E-state index in [1.807, 2.05) is 0 Å². The fourth-order valence-corrected chi connectivity index (χ4v) is 2.55. The second kappa shape index (κ2) is 4.60. The molecule has 0 aromatic heterocycles. The number of rotatable bonds is 2. The van der Waals surface area contributed by atoms with Crippen LogP contribution in [-0.4, -0.2) is 49.8 Å². The highest BCUT2D eigenvalue weighted by atomic mass is 16.5. The maximum absolute atomic E-state index is 5.54. The van der Waals surface area contributed by atoms with Gasteiger partial charge in [0.05, 0.1) is 12.7 Å². The summed E-state index contributed by atoms with van der Waals surface area (Å²) in [5.41, 5.74) is 0. The smallest absolute Gasteiger partial charge is 0.0674 e. The molecule has 82 valence electrons. The topological polar surface area (TPSA) is 24.5 Å². The molecule has 2 rings (SSSR count). The lowest BCUT2D eigenvalue weighted by atomic mass is 10.0. The second-order valence-electron chi connectivity index (χ2n) is 4.73. The van der Waals surface area contributed by atoms with E-state index in [1.165, 1.54) is 19.5 Å². The Hall–Kier alpha value is -0.120. The Morgan fingerprint density at radius 3 is 2.93 bits per heavy atom. The molecule has 3 nitrogen and oxygen atoms in total. The first-order chi connectivity index (χ1) is 6.75. The van der Waals surface area contributed by atoms with Crippen LogP contribution in [0.1, 0.15) is 20.3 Å². The van der Waals surface area contributed by atoms with E-state index in [2.05, 4.69) is 24.1 Å². The lowest BCUT2D eigenvalue weighted by Crippen LogP contribution is -2.44. The third-order valence-corrected chi connectivity index (χ3v) is 3.51. The van der Waals surface area contributed by atoms with E-state index in [-0.39, 0.29) is 0 Å². The van der Waals surface area contributed by atoms with Crippen molar-refractivity contribution in [1.82, 2.24) is 10.2 Å². The molecule has 1 N–H and O–H groups in total.